The van der Waals surface area contributed by atoms with Crippen molar-refractivity contribution in [3.8, 4) is 0 Å². The molecule has 0 saturated carbocycles. The van der Waals surface area contributed by atoms with Gasteiger partial charge in [-0.2, -0.15) is 0 Å². The van der Waals surface area contributed by atoms with Gasteiger partial charge in [0.2, 0.25) is 0 Å². The van der Waals surface area contributed by atoms with Crippen LogP contribution in [0, 0.1) is 0 Å². The Morgan fingerprint density at radius 3 is 1.74 bits per heavy atom. The molecule has 10 nitrogen and oxygen atoms in total. The standard InChI is InChI=1S/C25H48O10/c1-2-3-4-5-8-11-32-15-20(28)25-23(30)21(17-35-25)33-13-10-7-6-9-12-31-14-19(27)24-22(29)18(26)16-34-24/h18-30H,2-17H2,1H3. The lowest BCUT2D eigenvalue weighted by Crippen LogP contribution is -2.41. The van der Waals surface area contributed by atoms with Gasteiger partial charge in [0.15, 0.2) is 0 Å². The van der Waals surface area contributed by atoms with Gasteiger partial charge in [-0.05, 0) is 19.3 Å². The molecule has 5 N–H and O–H groups in total. The largest absolute Gasteiger partial charge is 0.388 e. The molecule has 2 heterocycles. The minimum atomic E-state index is -1.09. The fourth-order valence-corrected chi connectivity index (χ4v) is 4.36. The molecular weight excluding hydrogens is 460 g/mol. The fraction of sp³-hybridized carbons (Fsp3) is 1.00. The summed E-state index contributed by atoms with van der Waals surface area (Å²) in [4.78, 5) is 0. The molecule has 10 heteroatoms. The van der Waals surface area contributed by atoms with E-state index in [4.69, 9.17) is 23.7 Å². The second-order valence-corrected chi connectivity index (χ2v) is 9.67. The summed E-state index contributed by atoms with van der Waals surface area (Å²) in [6.45, 7) is 4.25. The van der Waals surface area contributed by atoms with Crippen molar-refractivity contribution in [2.75, 3.05) is 46.2 Å². The number of hydrogen-bond acceptors (Lipinski definition) is 10. The second kappa shape index (κ2) is 18.0. The molecule has 2 saturated heterocycles. The zero-order valence-corrected chi connectivity index (χ0v) is 21.2. The van der Waals surface area contributed by atoms with Crippen LogP contribution in [0.5, 0.6) is 0 Å². The molecule has 208 valence electrons. The summed E-state index contributed by atoms with van der Waals surface area (Å²) in [7, 11) is 0. The summed E-state index contributed by atoms with van der Waals surface area (Å²) in [6.07, 6.45) is 2.56. The Hall–Kier alpha value is -0.400. The summed E-state index contributed by atoms with van der Waals surface area (Å²) in [5.41, 5.74) is 0. The minimum Gasteiger partial charge on any atom is -0.388 e. The maximum Gasteiger partial charge on any atom is 0.114 e. The maximum atomic E-state index is 10.4. The molecule has 2 rings (SSSR count). The molecule has 0 spiro atoms. The van der Waals surface area contributed by atoms with Crippen molar-refractivity contribution in [1.82, 2.24) is 0 Å². The molecule has 2 aliphatic rings. The van der Waals surface area contributed by atoms with Crippen LogP contribution in [0.4, 0.5) is 0 Å². The van der Waals surface area contributed by atoms with Gasteiger partial charge in [0.25, 0.3) is 0 Å². The third-order valence-electron chi connectivity index (χ3n) is 6.60. The maximum absolute atomic E-state index is 10.4. The average molecular weight is 509 g/mol. The van der Waals surface area contributed by atoms with Crippen molar-refractivity contribution in [2.24, 2.45) is 0 Å². The Morgan fingerprint density at radius 1 is 0.686 bits per heavy atom. The van der Waals surface area contributed by atoms with Gasteiger partial charge in [-0.3, -0.25) is 0 Å². The number of aliphatic hydroxyl groups is 5. The SMILES string of the molecule is CCCCCCCOCC(O)C1OCC(OCCCCCCOCC(O)C2OCC(O)C2O)C1O. The first-order chi connectivity index (χ1) is 17.0. The molecule has 0 aromatic heterocycles. The molecule has 2 aliphatic heterocycles. The van der Waals surface area contributed by atoms with E-state index in [0.717, 1.165) is 38.5 Å². The van der Waals surface area contributed by atoms with E-state index in [2.05, 4.69) is 6.92 Å². The van der Waals surface area contributed by atoms with Crippen LogP contribution >= 0.6 is 0 Å². The number of aliphatic hydroxyl groups excluding tert-OH is 5. The normalized spacial score (nSPS) is 30.7. The van der Waals surface area contributed by atoms with E-state index in [1.807, 2.05) is 0 Å². The molecule has 0 aliphatic carbocycles. The highest BCUT2D eigenvalue weighted by atomic mass is 16.6. The number of hydrogen-bond donors (Lipinski definition) is 5. The lowest BCUT2D eigenvalue weighted by molar-refractivity contribution is -0.0845. The van der Waals surface area contributed by atoms with Crippen molar-refractivity contribution in [2.45, 2.75) is 114 Å². The minimum absolute atomic E-state index is 0.0177. The molecule has 0 radical (unpaired) electrons. The lowest BCUT2D eigenvalue weighted by Gasteiger charge is -2.22. The van der Waals surface area contributed by atoms with Crippen LogP contribution in [0.2, 0.25) is 0 Å². The van der Waals surface area contributed by atoms with Gasteiger partial charge in [-0.25, -0.2) is 0 Å². The molecular formula is C25H48O10. The van der Waals surface area contributed by atoms with Crippen LogP contribution in [-0.4, -0.2) is 121 Å². The Kier molecular flexibility index (Phi) is 15.8. The van der Waals surface area contributed by atoms with E-state index in [1.54, 1.807) is 0 Å². The highest BCUT2D eigenvalue weighted by molar-refractivity contribution is 4.89. The van der Waals surface area contributed by atoms with E-state index in [1.165, 1.54) is 19.3 Å². The third kappa shape index (κ3) is 11.3. The molecule has 2 fully saturated rings. The zero-order valence-electron chi connectivity index (χ0n) is 21.2. The summed E-state index contributed by atoms with van der Waals surface area (Å²) in [6, 6.07) is 0. The van der Waals surface area contributed by atoms with E-state index < -0.39 is 48.8 Å². The van der Waals surface area contributed by atoms with Crippen LogP contribution in [0.3, 0.4) is 0 Å². The quantitative estimate of drug-likeness (QED) is 0.148. The first-order valence-corrected chi connectivity index (χ1v) is 13.4. The van der Waals surface area contributed by atoms with Gasteiger partial charge in [0, 0.05) is 19.8 Å². The molecule has 0 aromatic rings. The lowest BCUT2D eigenvalue weighted by atomic mass is 10.1. The monoisotopic (exact) mass is 508 g/mol. The van der Waals surface area contributed by atoms with Crippen LogP contribution in [0.15, 0.2) is 0 Å². The smallest absolute Gasteiger partial charge is 0.114 e. The topological polar surface area (TPSA) is 147 Å². The van der Waals surface area contributed by atoms with Crippen LogP contribution in [-0.2, 0) is 23.7 Å². The van der Waals surface area contributed by atoms with Crippen molar-refractivity contribution >= 4 is 0 Å². The predicted octanol–water partition coefficient (Wildman–Crippen LogP) is 0.538. The summed E-state index contributed by atoms with van der Waals surface area (Å²) < 4.78 is 27.5. The highest BCUT2D eigenvalue weighted by Crippen LogP contribution is 2.21. The predicted molar refractivity (Wildman–Crippen MR) is 128 cm³/mol. The van der Waals surface area contributed by atoms with Gasteiger partial charge >= 0.3 is 0 Å². The Balaban J connectivity index is 1.42. The molecule has 0 aromatic carbocycles. The average Bonchev–Trinajstić information content (AvgIpc) is 3.38. The van der Waals surface area contributed by atoms with Crippen molar-refractivity contribution in [3.63, 3.8) is 0 Å². The van der Waals surface area contributed by atoms with Gasteiger partial charge in [-0.1, -0.05) is 45.4 Å². The van der Waals surface area contributed by atoms with Crippen LogP contribution in [0.1, 0.15) is 64.7 Å². The first-order valence-electron chi connectivity index (χ1n) is 13.4. The van der Waals surface area contributed by atoms with Crippen molar-refractivity contribution in [3.05, 3.63) is 0 Å². The Bertz CT molecular complexity index is 524. The zero-order chi connectivity index (χ0) is 25.5. The molecule has 35 heavy (non-hydrogen) atoms. The molecule has 0 bridgehead atoms. The summed E-state index contributed by atoms with van der Waals surface area (Å²) in [5, 5.41) is 49.9. The Morgan fingerprint density at radius 2 is 1.20 bits per heavy atom. The van der Waals surface area contributed by atoms with Crippen LogP contribution in [0.25, 0.3) is 0 Å². The molecule has 0 amide bonds. The van der Waals surface area contributed by atoms with Crippen LogP contribution < -0.4 is 0 Å². The summed E-state index contributed by atoms with van der Waals surface area (Å²) in [5.74, 6) is 0. The van der Waals surface area contributed by atoms with E-state index in [-0.39, 0.29) is 26.4 Å². The number of unbranched alkanes of at least 4 members (excludes halogenated alkanes) is 7. The van der Waals surface area contributed by atoms with E-state index >= 15 is 0 Å². The second-order valence-electron chi connectivity index (χ2n) is 9.67. The fourth-order valence-electron chi connectivity index (χ4n) is 4.36. The van der Waals surface area contributed by atoms with Gasteiger partial charge in [0.05, 0.1) is 26.4 Å². The first kappa shape index (κ1) is 30.8. The number of rotatable bonds is 20. The molecule has 8 unspecified atom stereocenters. The van der Waals surface area contributed by atoms with Gasteiger partial charge in [-0.15, -0.1) is 0 Å². The van der Waals surface area contributed by atoms with Gasteiger partial charge in [0.1, 0.15) is 48.8 Å². The Labute approximate surface area is 209 Å². The highest BCUT2D eigenvalue weighted by Gasteiger charge is 2.41. The van der Waals surface area contributed by atoms with Crippen molar-refractivity contribution < 1.29 is 49.2 Å². The van der Waals surface area contributed by atoms with Crippen molar-refractivity contribution in [1.29, 1.82) is 0 Å². The third-order valence-corrected chi connectivity index (χ3v) is 6.60. The summed E-state index contributed by atoms with van der Waals surface area (Å²) >= 11 is 0. The van der Waals surface area contributed by atoms with E-state index in [9.17, 15) is 25.5 Å². The van der Waals surface area contributed by atoms with Gasteiger partial charge < -0.3 is 49.2 Å². The van der Waals surface area contributed by atoms with E-state index in [0.29, 0.717) is 19.8 Å². The molecule has 8 atom stereocenters. The number of ether oxygens (including phenoxy) is 5.